The SMILES string of the molecule is O=C(CN1CCCNCC1)NCCC1CCCCO1. The van der Waals surface area contributed by atoms with Gasteiger partial charge >= 0.3 is 0 Å². The Morgan fingerprint density at radius 1 is 1.26 bits per heavy atom. The molecule has 5 heteroatoms. The van der Waals surface area contributed by atoms with Crippen LogP contribution in [0.1, 0.15) is 32.1 Å². The van der Waals surface area contributed by atoms with Crippen LogP contribution in [0.5, 0.6) is 0 Å². The Bertz CT molecular complexity index is 259. The monoisotopic (exact) mass is 269 g/mol. The molecule has 110 valence electrons. The van der Waals surface area contributed by atoms with Crippen LogP contribution in [0.3, 0.4) is 0 Å². The first-order valence-electron chi connectivity index (χ1n) is 7.66. The lowest BCUT2D eigenvalue weighted by molar-refractivity contribution is -0.122. The molecule has 0 spiro atoms. The third-order valence-electron chi connectivity index (χ3n) is 3.86. The average Bonchev–Trinajstić information content (AvgIpc) is 2.68. The van der Waals surface area contributed by atoms with Crippen molar-refractivity contribution in [2.45, 2.75) is 38.2 Å². The maximum Gasteiger partial charge on any atom is 0.234 e. The van der Waals surface area contributed by atoms with Crippen LogP contribution in [0.25, 0.3) is 0 Å². The number of nitrogens with one attached hydrogen (secondary N) is 2. The summed E-state index contributed by atoms with van der Waals surface area (Å²) in [5.74, 6) is 0.151. The molecule has 2 heterocycles. The Kier molecular flexibility index (Phi) is 6.61. The van der Waals surface area contributed by atoms with Crippen LogP contribution in [0.4, 0.5) is 0 Å². The van der Waals surface area contributed by atoms with Gasteiger partial charge in [-0.3, -0.25) is 9.69 Å². The van der Waals surface area contributed by atoms with Crippen LogP contribution >= 0.6 is 0 Å². The van der Waals surface area contributed by atoms with E-state index in [1.807, 2.05) is 0 Å². The second-order valence-corrected chi connectivity index (χ2v) is 5.51. The van der Waals surface area contributed by atoms with Crippen molar-refractivity contribution in [3.8, 4) is 0 Å². The van der Waals surface area contributed by atoms with E-state index in [1.54, 1.807) is 0 Å². The highest BCUT2D eigenvalue weighted by molar-refractivity contribution is 5.77. The van der Waals surface area contributed by atoms with Crippen molar-refractivity contribution >= 4 is 5.91 Å². The largest absolute Gasteiger partial charge is 0.378 e. The number of carbonyl (C=O) groups is 1. The zero-order valence-electron chi connectivity index (χ0n) is 11.8. The molecule has 2 saturated heterocycles. The minimum atomic E-state index is 0.151. The molecule has 1 atom stereocenters. The van der Waals surface area contributed by atoms with Gasteiger partial charge in [0.1, 0.15) is 0 Å². The minimum Gasteiger partial charge on any atom is -0.378 e. The van der Waals surface area contributed by atoms with E-state index in [2.05, 4.69) is 15.5 Å². The highest BCUT2D eigenvalue weighted by atomic mass is 16.5. The fourth-order valence-corrected chi connectivity index (χ4v) is 2.73. The Balaban J connectivity index is 1.55. The van der Waals surface area contributed by atoms with E-state index in [9.17, 15) is 4.79 Å². The van der Waals surface area contributed by atoms with E-state index in [4.69, 9.17) is 4.74 Å². The molecule has 5 nitrogen and oxygen atoms in total. The normalized spacial score (nSPS) is 25.8. The fraction of sp³-hybridized carbons (Fsp3) is 0.929. The quantitative estimate of drug-likeness (QED) is 0.756. The molecule has 19 heavy (non-hydrogen) atoms. The number of amides is 1. The highest BCUT2D eigenvalue weighted by Crippen LogP contribution is 2.14. The number of carbonyl (C=O) groups excluding carboxylic acids is 1. The maximum absolute atomic E-state index is 11.9. The van der Waals surface area contributed by atoms with Gasteiger partial charge in [-0.2, -0.15) is 0 Å². The lowest BCUT2D eigenvalue weighted by Gasteiger charge is -2.23. The van der Waals surface area contributed by atoms with Crippen molar-refractivity contribution in [2.24, 2.45) is 0 Å². The lowest BCUT2D eigenvalue weighted by Crippen LogP contribution is -2.40. The molecule has 1 amide bonds. The zero-order valence-corrected chi connectivity index (χ0v) is 11.8. The van der Waals surface area contributed by atoms with Gasteiger partial charge in [0.2, 0.25) is 5.91 Å². The predicted octanol–water partition coefficient (Wildman–Crippen LogP) is 0.357. The van der Waals surface area contributed by atoms with Crippen LogP contribution in [-0.4, -0.2) is 62.8 Å². The maximum atomic E-state index is 11.9. The van der Waals surface area contributed by atoms with E-state index in [-0.39, 0.29) is 5.91 Å². The molecule has 2 aliphatic heterocycles. The Morgan fingerprint density at radius 3 is 3.05 bits per heavy atom. The average molecular weight is 269 g/mol. The van der Waals surface area contributed by atoms with Crippen molar-refractivity contribution in [1.29, 1.82) is 0 Å². The van der Waals surface area contributed by atoms with Gasteiger partial charge in [-0.15, -0.1) is 0 Å². The van der Waals surface area contributed by atoms with Crippen LogP contribution < -0.4 is 10.6 Å². The molecule has 2 aliphatic rings. The number of hydrogen-bond donors (Lipinski definition) is 2. The lowest BCUT2D eigenvalue weighted by atomic mass is 10.1. The van der Waals surface area contributed by atoms with E-state index >= 15 is 0 Å². The second kappa shape index (κ2) is 8.51. The summed E-state index contributed by atoms with van der Waals surface area (Å²) in [6.45, 7) is 6.22. The van der Waals surface area contributed by atoms with Crippen molar-refractivity contribution in [3.05, 3.63) is 0 Å². The third-order valence-corrected chi connectivity index (χ3v) is 3.86. The van der Waals surface area contributed by atoms with Crippen LogP contribution in [0.2, 0.25) is 0 Å². The van der Waals surface area contributed by atoms with E-state index < -0.39 is 0 Å². The smallest absolute Gasteiger partial charge is 0.234 e. The summed E-state index contributed by atoms with van der Waals surface area (Å²) < 4.78 is 5.66. The summed E-state index contributed by atoms with van der Waals surface area (Å²) in [5, 5.41) is 6.36. The summed E-state index contributed by atoms with van der Waals surface area (Å²) in [5.41, 5.74) is 0. The molecule has 0 radical (unpaired) electrons. The molecule has 0 aromatic carbocycles. The molecular weight excluding hydrogens is 242 g/mol. The first kappa shape index (κ1) is 14.8. The molecule has 0 saturated carbocycles. The topological polar surface area (TPSA) is 53.6 Å². The summed E-state index contributed by atoms with van der Waals surface area (Å²) in [6.07, 6.45) is 6.03. The first-order chi connectivity index (χ1) is 9.34. The standard InChI is InChI=1S/C14H27N3O2/c18-14(12-17-9-3-6-15-8-10-17)16-7-5-13-4-1-2-11-19-13/h13,15H,1-12H2,(H,16,18). The first-order valence-corrected chi connectivity index (χ1v) is 7.66. The Labute approximate surface area is 116 Å². The van der Waals surface area contributed by atoms with E-state index in [0.29, 0.717) is 12.6 Å². The summed E-state index contributed by atoms with van der Waals surface area (Å²) in [4.78, 5) is 14.1. The fourth-order valence-electron chi connectivity index (χ4n) is 2.73. The predicted molar refractivity (Wildman–Crippen MR) is 75.1 cm³/mol. The molecule has 0 aliphatic carbocycles. The minimum absolute atomic E-state index is 0.151. The highest BCUT2D eigenvalue weighted by Gasteiger charge is 2.15. The van der Waals surface area contributed by atoms with E-state index in [1.165, 1.54) is 12.8 Å². The van der Waals surface area contributed by atoms with Gasteiger partial charge in [-0.05, 0) is 45.2 Å². The van der Waals surface area contributed by atoms with Gasteiger partial charge in [0.25, 0.3) is 0 Å². The van der Waals surface area contributed by atoms with Gasteiger partial charge < -0.3 is 15.4 Å². The molecule has 0 bridgehead atoms. The van der Waals surface area contributed by atoms with Gasteiger partial charge in [0, 0.05) is 26.2 Å². The molecule has 0 aromatic heterocycles. The summed E-state index contributed by atoms with van der Waals surface area (Å²) >= 11 is 0. The van der Waals surface area contributed by atoms with Crippen molar-refractivity contribution in [1.82, 2.24) is 15.5 Å². The Morgan fingerprint density at radius 2 is 2.21 bits per heavy atom. The number of hydrogen-bond acceptors (Lipinski definition) is 4. The molecule has 1 unspecified atom stereocenters. The number of rotatable bonds is 5. The summed E-state index contributed by atoms with van der Waals surface area (Å²) in [6, 6.07) is 0. The van der Waals surface area contributed by atoms with Crippen LogP contribution in [0, 0.1) is 0 Å². The van der Waals surface area contributed by atoms with Gasteiger partial charge in [0.15, 0.2) is 0 Å². The number of ether oxygens (including phenoxy) is 1. The second-order valence-electron chi connectivity index (χ2n) is 5.51. The van der Waals surface area contributed by atoms with Crippen molar-refractivity contribution in [3.63, 3.8) is 0 Å². The van der Waals surface area contributed by atoms with Gasteiger partial charge in [-0.1, -0.05) is 0 Å². The molecule has 0 aromatic rings. The van der Waals surface area contributed by atoms with Gasteiger partial charge in [0.05, 0.1) is 12.6 Å². The van der Waals surface area contributed by atoms with E-state index in [0.717, 1.165) is 58.6 Å². The third kappa shape index (κ3) is 5.89. The van der Waals surface area contributed by atoms with Crippen LogP contribution in [0.15, 0.2) is 0 Å². The van der Waals surface area contributed by atoms with Gasteiger partial charge in [-0.25, -0.2) is 0 Å². The summed E-state index contributed by atoms with van der Waals surface area (Å²) in [7, 11) is 0. The van der Waals surface area contributed by atoms with Crippen molar-refractivity contribution < 1.29 is 9.53 Å². The molecule has 2 N–H and O–H groups in total. The molecule has 2 rings (SSSR count). The Hall–Kier alpha value is -0.650. The van der Waals surface area contributed by atoms with Crippen LogP contribution in [-0.2, 0) is 9.53 Å². The molecule has 2 fully saturated rings. The van der Waals surface area contributed by atoms with Crippen molar-refractivity contribution in [2.75, 3.05) is 45.9 Å². The number of nitrogens with zero attached hydrogens (tertiary/aromatic N) is 1. The zero-order chi connectivity index (χ0) is 13.3. The molecular formula is C14H27N3O2.